The van der Waals surface area contributed by atoms with E-state index in [1.807, 2.05) is 32.0 Å². The molecule has 1 fully saturated rings. The van der Waals surface area contributed by atoms with E-state index in [4.69, 9.17) is 9.47 Å². The van der Waals surface area contributed by atoms with Gasteiger partial charge in [-0.1, -0.05) is 31.7 Å². The molecule has 0 spiro atoms. The first-order valence-corrected chi connectivity index (χ1v) is 11.9. The summed E-state index contributed by atoms with van der Waals surface area (Å²) < 4.78 is 20.0. The van der Waals surface area contributed by atoms with Crippen LogP contribution in [0.3, 0.4) is 0 Å². The monoisotopic (exact) mass is 450 g/mol. The summed E-state index contributed by atoms with van der Waals surface area (Å²) in [6.45, 7) is 3.92. The molecule has 2 aliphatic rings. The van der Waals surface area contributed by atoms with Crippen LogP contribution in [-0.4, -0.2) is 25.9 Å². The average Bonchev–Trinajstić information content (AvgIpc) is 3.49. The molecule has 1 atom stereocenters. The molecule has 3 aromatic rings. The Bertz CT molecular complexity index is 1180. The minimum Gasteiger partial charge on any atom is -0.491 e. The topological polar surface area (TPSA) is 81.5 Å². The quantitative estimate of drug-likeness (QED) is 0.519. The first-order chi connectivity index (χ1) is 15.4. The lowest BCUT2D eigenvalue weighted by molar-refractivity contribution is -0.185. The molecule has 0 amide bonds. The number of fused-ring (bicyclic) bond motifs is 1. The molecule has 6 nitrogen and oxygen atoms in total. The van der Waals surface area contributed by atoms with Gasteiger partial charge in [0.2, 0.25) is 0 Å². The number of carbonyl (C=O) groups excluding carboxylic acids is 1. The number of rotatable bonds is 6. The van der Waals surface area contributed by atoms with Crippen molar-refractivity contribution >= 4 is 34.3 Å². The van der Waals surface area contributed by atoms with Crippen LogP contribution in [0.1, 0.15) is 57.1 Å². The summed E-state index contributed by atoms with van der Waals surface area (Å²) in [5.74, 6) is -1.17. The standard InChI is InChI=1S/C25H26N2O4S/c1-15(2)30-19-10-8-18(9-11-19)25(29)20(13-16-5-3-4-6-16)23(24(28)31-25)17-7-12-21-22(14-17)27-32-26-21/h7-12,14-16,29H,3-6,13H2,1-2H3. The lowest BCUT2D eigenvalue weighted by atomic mass is 9.85. The van der Waals surface area contributed by atoms with Crippen molar-refractivity contribution in [3.63, 3.8) is 0 Å². The number of hydrogen-bond acceptors (Lipinski definition) is 7. The average molecular weight is 451 g/mol. The van der Waals surface area contributed by atoms with Gasteiger partial charge in [-0.15, -0.1) is 0 Å². The van der Waals surface area contributed by atoms with Crippen molar-refractivity contribution in [1.82, 2.24) is 8.75 Å². The van der Waals surface area contributed by atoms with Crippen LogP contribution in [0.2, 0.25) is 0 Å². The van der Waals surface area contributed by atoms with Gasteiger partial charge in [0.25, 0.3) is 5.79 Å². The fourth-order valence-electron chi connectivity index (χ4n) is 4.78. The summed E-state index contributed by atoms with van der Waals surface area (Å²) in [6, 6.07) is 12.7. The molecular formula is C25H26N2O4S. The predicted molar refractivity (Wildman–Crippen MR) is 123 cm³/mol. The van der Waals surface area contributed by atoms with Crippen LogP contribution in [0.4, 0.5) is 0 Å². The molecule has 0 bridgehead atoms. The molecule has 1 saturated carbocycles. The Morgan fingerprint density at radius 3 is 2.56 bits per heavy atom. The molecule has 1 aromatic heterocycles. The lowest BCUT2D eigenvalue weighted by Crippen LogP contribution is -2.29. The normalized spacial score (nSPS) is 21.7. The van der Waals surface area contributed by atoms with Gasteiger partial charge in [-0.05, 0) is 68.1 Å². The van der Waals surface area contributed by atoms with Crippen molar-refractivity contribution < 1.29 is 19.4 Å². The Hall–Kier alpha value is -2.77. The maximum absolute atomic E-state index is 13.1. The van der Waals surface area contributed by atoms with Crippen LogP contribution < -0.4 is 4.74 Å². The van der Waals surface area contributed by atoms with Gasteiger partial charge in [-0.3, -0.25) is 0 Å². The Morgan fingerprint density at radius 2 is 1.84 bits per heavy atom. The summed E-state index contributed by atoms with van der Waals surface area (Å²) in [7, 11) is 0. The van der Waals surface area contributed by atoms with E-state index >= 15 is 0 Å². The summed E-state index contributed by atoms with van der Waals surface area (Å²) >= 11 is 1.14. The number of esters is 1. The number of nitrogens with zero attached hydrogens (tertiary/aromatic N) is 2. The van der Waals surface area contributed by atoms with Crippen LogP contribution in [0, 0.1) is 5.92 Å². The second-order valence-corrected chi connectivity index (χ2v) is 9.43. The van der Waals surface area contributed by atoms with Crippen molar-refractivity contribution in [2.45, 2.75) is 57.8 Å². The van der Waals surface area contributed by atoms with Crippen molar-refractivity contribution in [1.29, 1.82) is 0 Å². The minimum atomic E-state index is -1.79. The Kier molecular flexibility index (Phi) is 5.47. The molecule has 2 aromatic carbocycles. The molecule has 1 N–H and O–H groups in total. The number of cyclic esters (lactones) is 1. The predicted octanol–water partition coefficient (Wildman–Crippen LogP) is 5.21. The van der Waals surface area contributed by atoms with E-state index in [2.05, 4.69) is 8.75 Å². The van der Waals surface area contributed by atoms with Gasteiger partial charge < -0.3 is 14.6 Å². The molecule has 1 aliphatic heterocycles. The molecule has 5 rings (SSSR count). The Morgan fingerprint density at radius 1 is 1.12 bits per heavy atom. The van der Waals surface area contributed by atoms with Gasteiger partial charge in [-0.2, -0.15) is 8.75 Å². The zero-order chi connectivity index (χ0) is 22.3. The molecule has 0 saturated heterocycles. The van der Waals surface area contributed by atoms with Gasteiger partial charge in [0.05, 0.1) is 23.4 Å². The summed E-state index contributed by atoms with van der Waals surface area (Å²) in [4.78, 5) is 13.1. The van der Waals surface area contributed by atoms with Crippen LogP contribution in [0.5, 0.6) is 5.75 Å². The van der Waals surface area contributed by atoms with Crippen molar-refractivity contribution in [3.8, 4) is 5.75 Å². The number of carbonyl (C=O) groups is 1. The molecule has 166 valence electrons. The highest BCUT2D eigenvalue weighted by molar-refractivity contribution is 7.00. The minimum absolute atomic E-state index is 0.0489. The third-order valence-electron chi connectivity index (χ3n) is 6.28. The number of benzene rings is 2. The molecule has 1 aliphatic carbocycles. The van der Waals surface area contributed by atoms with Crippen molar-refractivity contribution in [3.05, 3.63) is 59.2 Å². The van der Waals surface area contributed by atoms with Crippen LogP contribution in [0.25, 0.3) is 16.6 Å². The smallest absolute Gasteiger partial charge is 0.341 e. The maximum Gasteiger partial charge on any atom is 0.341 e. The third kappa shape index (κ3) is 3.80. The van der Waals surface area contributed by atoms with E-state index in [-0.39, 0.29) is 6.10 Å². The van der Waals surface area contributed by atoms with E-state index in [1.165, 1.54) is 12.8 Å². The molecule has 32 heavy (non-hydrogen) atoms. The van der Waals surface area contributed by atoms with E-state index in [1.54, 1.807) is 24.3 Å². The largest absolute Gasteiger partial charge is 0.491 e. The molecule has 2 heterocycles. The molecular weight excluding hydrogens is 424 g/mol. The molecule has 0 radical (unpaired) electrons. The van der Waals surface area contributed by atoms with E-state index < -0.39 is 11.8 Å². The van der Waals surface area contributed by atoms with Crippen molar-refractivity contribution in [2.24, 2.45) is 5.92 Å². The molecule has 7 heteroatoms. The fourth-order valence-corrected chi connectivity index (χ4v) is 5.29. The Balaban J connectivity index is 1.60. The van der Waals surface area contributed by atoms with Crippen LogP contribution in [-0.2, 0) is 15.3 Å². The van der Waals surface area contributed by atoms with Gasteiger partial charge in [0.1, 0.15) is 16.8 Å². The summed E-state index contributed by atoms with van der Waals surface area (Å²) in [5, 5.41) is 11.8. The fraction of sp³-hybridized carbons (Fsp3) is 0.400. The lowest BCUT2D eigenvalue weighted by Gasteiger charge is -2.27. The highest BCUT2D eigenvalue weighted by Crippen LogP contribution is 2.48. The first-order valence-electron chi connectivity index (χ1n) is 11.1. The van der Waals surface area contributed by atoms with E-state index in [0.29, 0.717) is 40.4 Å². The van der Waals surface area contributed by atoms with Gasteiger partial charge >= 0.3 is 5.97 Å². The highest BCUT2D eigenvalue weighted by atomic mass is 32.1. The summed E-state index contributed by atoms with van der Waals surface area (Å²) in [5.41, 5.74) is 3.84. The third-order valence-corrected chi connectivity index (χ3v) is 6.84. The van der Waals surface area contributed by atoms with Gasteiger partial charge in [0.15, 0.2) is 0 Å². The Labute approximate surface area is 191 Å². The van der Waals surface area contributed by atoms with Crippen LogP contribution in [0.15, 0.2) is 48.0 Å². The zero-order valence-corrected chi connectivity index (χ0v) is 19.0. The van der Waals surface area contributed by atoms with E-state index in [0.717, 1.165) is 35.6 Å². The molecule has 1 unspecified atom stereocenters. The number of ether oxygens (including phenoxy) is 2. The zero-order valence-electron chi connectivity index (χ0n) is 18.2. The SMILES string of the molecule is CC(C)Oc1ccc(C2(O)OC(=O)C(c3ccc4nsnc4c3)=C2CC2CCCC2)cc1. The van der Waals surface area contributed by atoms with Crippen LogP contribution >= 0.6 is 11.7 Å². The van der Waals surface area contributed by atoms with Gasteiger partial charge in [0, 0.05) is 11.1 Å². The number of aromatic nitrogens is 2. The number of aliphatic hydroxyl groups is 1. The number of hydrogen-bond donors (Lipinski definition) is 1. The summed E-state index contributed by atoms with van der Waals surface area (Å²) in [6.07, 6.45) is 5.22. The first kappa shape index (κ1) is 21.1. The second-order valence-electron chi connectivity index (χ2n) is 8.90. The van der Waals surface area contributed by atoms with Crippen molar-refractivity contribution in [2.75, 3.05) is 0 Å². The van der Waals surface area contributed by atoms with E-state index in [9.17, 15) is 9.90 Å². The highest BCUT2D eigenvalue weighted by Gasteiger charge is 2.48. The maximum atomic E-state index is 13.1. The second kappa shape index (κ2) is 8.30. The van der Waals surface area contributed by atoms with Gasteiger partial charge in [-0.25, -0.2) is 4.79 Å².